The van der Waals surface area contributed by atoms with Crippen LogP contribution in [-0.4, -0.2) is 59.6 Å². The normalized spacial score (nSPS) is 14.5. The molecule has 1 fully saturated rings. The maximum Gasteiger partial charge on any atom is 0.271 e. The number of carbonyl (C=O) groups excluding carboxylic acids is 1. The fourth-order valence-corrected chi connectivity index (χ4v) is 4.98. The molecule has 6 nitrogen and oxygen atoms in total. The van der Waals surface area contributed by atoms with Crippen molar-refractivity contribution in [3.8, 4) is 5.69 Å². The van der Waals surface area contributed by atoms with Crippen LogP contribution in [0, 0.1) is 6.92 Å². The Labute approximate surface area is 217 Å². The fourth-order valence-electron chi connectivity index (χ4n) is 4.57. The predicted molar refractivity (Wildman–Crippen MR) is 144 cm³/mol. The molecule has 0 atom stereocenters. The molecule has 0 bridgehead atoms. The van der Waals surface area contributed by atoms with Gasteiger partial charge in [0, 0.05) is 44.3 Å². The zero-order valence-corrected chi connectivity index (χ0v) is 22.1. The number of halogens is 2. The molecule has 8 heteroatoms. The van der Waals surface area contributed by atoms with Gasteiger partial charge in [-0.25, -0.2) is 4.98 Å². The number of nitrogens with zero attached hydrogens (tertiary/aromatic N) is 4. The van der Waals surface area contributed by atoms with E-state index in [-0.39, 0.29) is 11.8 Å². The summed E-state index contributed by atoms with van der Waals surface area (Å²) < 4.78 is 2.09. The van der Waals surface area contributed by atoms with Crippen molar-refractivity contribution in [2.24, 2.45) is 0 Å². The number of imidazole rings is 1. The summed E-state index contributed by atoms with van der Waals surface area (Å²) in [4.78, 5) is 22.4. The van der Waals surface area contributed by atoms with Gasteiger partial charge in [0.05, 0.1) is 21.4 Å². The molecule has 1 amide bonds. The quantitative estimate of drug-likeness (QED) is 0.401. The van der Waals surface area contributed by atoms with E-state index in [0.29, 0.717) is 22.3 Å². The number of hydrogen-bond acceptors (Lipinski definition) is 4. The molecule has 1 aliphatic rings. The van der Waals surface area contributed by atoms with Gasteiger partial charge in [0.1, 0.15) is 11.5 Å². The zero-order valence-electron chi connectivity index (χ0n) is 20.6. The Morgan fingerprint density at radius 1 is 1.03 bits per heavy atom. The number of aromatic nitrogens is 2. The molecule has 186 valence electrons. The lowest BCUT2D eigenvalue weighted by Gasteiger charge is -2.36. The second-order valence-corrected chi connectivity index (χ2v) is 10.0. The van der Waals surface area contributed by atoms with Gasteiger partial charge in [-0.15, -0.1) is 0 Å². The van der Waals surface area contributed by atoms with Crippen molar-refractivity contribution in [2.75, 3.05) is 44.2 Å². The lowest BCUT2D eigenvalue weighted by molar-refractivity contribution is 0.0946. The highest BCUT2D eigenvalue weighted by Crippen LogP contribution is 2.32. The van der Waals surface area contributed by atoms with E-state index >= 15 is 0 Å². The molecule has 1 saturated heterocycles. The van der Waals surface area contributed by atoms with Crippen LogP contribution in [0.1, 0.15) is 48.2 Å². The van der Waals surface area contributed by atoms with Crippen LogP contribution >= 0.6 is 23.2 Å². The fraction of sp³-hybridized carbons (Fsp3) is 0.407. The molecule has 1 aliphatic heterocycles. The molecule has 0 saturated carbocycles. The van der Waals surface area contributed by atoms with E-state index in [0.717, 1.165) is 62.0 Å². The van der Waals surface area contributed by atoms with Crippen LogP contribution in [0.15, 0.2) is 48.5 Å². The van der Waals surface area contributed by atoms with E-state index in [1.807, 2.05) is 55.5 Å². The second kappa shape index (κ2) is 11.5. The van der Waals surface area contributed by atoms with E-state index in [1.165, 1.54) is 0 Å². The Bertz CT molecular complexity index is 1150. The molecule has 4 rings (SSSR count). The molecule has 3 aromatic rings. The average molecular weight is 515 g/mol. The van der Waals surface area contributed by atoms with Crippen LogP contribution in [-0.2, 0) is 0 Å². The first-order valence-electron chi connectivity index (χ1n) is 12.2. The minimum Gasteiger partial charge on any atom is -0.368 e. The molecule has 1 aromatic heterocycles. The summed E-state index contributed by atoms with van der Waals surface area (Å²) in [6, 6.07) is 15.9. The lowest BCUT2D eigenvalue weighted by Crippen LogP contribution is -2.47. The Hall–Kier alpha value is -2.54. The maximum absolute atomic E-state index is 13.0. The summed E-state index contributed by atoms with van der Waals surface area (Å²) in [6.07, 6.45) is 0.888. The van der Waals surface area contributed by atoms with Crippen LogP contribution in [0.25, 0.3) is 5.69 Å². The van der Waals surface area contributed by atoms with E-state index in [4.69, 9.17) is 28.2 Å². The first-order chi connectivity index (χ1) is 16.9. The minimum atomic E-state index is -0.112. The maximum atomic E-state index is 13.0. The topological polar surface area (TPSA) is 53.4 Å². The molecular weight excluding hydrogens is 481 g/mol. The third-order valence-electron chi connectivity index (χ3n) is 6.46. The van der Waals surface area contributed by atoms with Crippen LogP contribution < -0.4 is 10.2 Å². The van der Waals surface area contributed by atoms with Gasteiger partial charge in [-0.3, -0.25) is 14.3 Å². The van der Waals surface area contributed by atoms with Gasteiger partial charge in [0.15, 0.2) is 0 Å². The number of amides is 1. The standard InChI is InChI=1S/C27H33Cl2N5O/c1-19(2)26-31-25(20(3)34(26)21-9-5-4-6-10-21)27(35)30-13-8-14-32-15-17-33(18-16-32)23-12-7-11-22(28)24(23)29/h4-7,9-12,19H,8,13-18H2,1-3H3,(H,30,35). The summed E-state index contributed by atoms with van der Waals surface area (Å²) >= 11 is 12.6. The van der Waals surface area contributed by atoms with E-state index in [2.05, 4.69) is 33.5 Å². The molecule has 0 radical (unpaired) electrons. The lowest BCUT2D eigenvalue weighted by atomic mass is 10.2. The Morgan fingerprint density at radius 2 is 1.74 bits per heavy atom. The molecule has 0 unspecified atom stereocenters. The van der Waals surface area contributed by atoms with Crippen LogP contribution in [0.4, 0.5) is 5.69 Å². The van der Waals surface area contributed by atoms with Crippen molar-refractivity contribution in [2.45, 2.75) is 33.1 Å². The number of benzene rings is 2. The smallest absolute Gasteiger partial charge is 0.271 e. The second-order valence-electron chi connectivity index (χ2n) is 9.24. The number of carbonyl (C=O) groups is 1. The van der Waals surface area contributed by atoms with E-state index in [1.54, 1.807) is 0 Å². The number of anilines is 1. The van der Waals surface area contributed by atoms with Crippen LogP contribution in [0.3, 0.4) is 0 Å². The number of piperazine rings is 1. The van der Waals surface area contributed by atoms with Crippen molar-refractivity contribution in [1.82, 2.24) is 19.8 Å². The van der Waals surface area contributed by atoms with Gasteiger partial charge in [-0.05, 0) is 44.2 Å². The van der Waals surface area contributed by atoms with Crippen molar-refractivity contribution in [3.05, 3.63) is 75.8 Å². The van der Waals surface area contributed by atoms with Crippen molar-refractivity contribution >= 4 is 34.8 Å². The monoisotopic (exact) mass is 513 g/mol. The van der Waals surface area contributed by atoms with Crippen LogP contribution in [0.5, 0.6) is 0 Å². The molecule has 0 aliphatic carbocycles. The highest BCUT2D eigenvalue weighted by atomic mass is 35.5. The Balaban J connectivity index is 1.28. The van der Waals surface area contributed by atoms with E-state index in [9.17, 15) is 4.79 Å². The van der Waals surface area contributed by atoms with Gasteiger partial charge in [0.2, 0.25) is 0 Å². The van der Waals surface area contributed by atoms with Crippen molar-refractivity contribution in [3.63, 3.8) is 0 Å². The Morgan fingerprint density at radius 3 is 2.43 bits per heavy atom. The molecule has 35 heavy (non-hydrogen) atoms. The average Bonchev–Trinajstić information content (AvgIpc) is 3.22. The summed E-state index contributed by atoms with van der Waals surface area (Å²) in [7, 11) is 0. The van der Waals surface area contributed by atoms with Crippen molar-refractivity contribution in [1.29, 1.82) is 0 Å². The molecule has 2 heterocycles. The van der Waals surface area contributed by atoms with E-state index < -0.39 is 0 Å². The van der Waals surface area contributed by atoms with Gasteiger partial charge < -0.3 is 10.2 Å². The first kappa shape index (κ1) is 25.5. The van der Waals surface area contributed by atoms with Crippen LogP contribution in [0.2, 0.25) is 10.0 Å². The number of rotatable bonds is 8. The molecular formula is C27H33Cl2N5O. The third kappa shape index (κ3) is 5.83. The highest BCUT2D eigenvalue weighted by Gasteiger charge is 2.23. The SMILES string of the molecule is Cc1c(C(=O)NCCCN2CCN(c3cccc(Cl)c3Cl)CC2)nc(C(C)C)n1-c1ccccc1. The molecule has 1 N–H and O–H groups in total. The summed E-state index contributed by atoms with van der Waals surface area (Å²) in [6.45, 7) is 11.4. The predicted octanol–water partition coefficient (Wildman–Crippen LogP) is 5.55. The zero-order chi connectivity index (χ0) is 24.9. The van der Waals surface area contributed by atoms with Crippen molar-refractivity contribution < 1.29 is 4.79 Å². The number of hydrogen-bond donors (Lipinski definition) is 1. The summed E-state index contributed by atoms with van der Waals surface area (Å²) in [5.74, 6) is 0.993. The number of nitrogens with one attached hydrogen (secondary N) is 1. The highest BCUT2D eigenvalue weighted by molar-refractivity contribution is 6.43. The van der Waals surface area contributed by atoms with Gasteiger partial charge in [-0.2, -0.15) is 0 Å². The van der Waals surface area contributed by atoms with Gasteiger partial charge >= 0.3 is 0 Å². The summed E-state index contributed by atoms with van der Waals surface area (Å²) in [5.41, 5.74) is 3.40. The number of para-hydroxylation sites is 1. The minimum absolute atomic E-state index is 0.112. The third-order valence-corrected chi connectivity index (χ3v) is 7.27. The Kier molecular flexibility index (Phi) is 8.37. The molecule has 2 aromatic carbocycles. The first-order valence-corrected chi connectivity index (χ1v) is 13.0. The molecule has 0 spiro atoms. The van der Waals surface area contributed by atoms with Gasteiger partial charge in [-0.1, -0.05) is 61.3 Å². The summed E-state index contributed by atoms with van der Waals surface area (Å²) in [5, 5.41) is 4.29. The largest absolute Gasteiger partial charge is 0.368 e. The van der Waals surface area contributed by atoms with Gasteiger partial charge in [0.25, 0.3) is 5.91 Å².